The van der Waals surface area contributed by atoms with Crippen LogP contribution in [0.4, 0.5) is 39.5 Å². The Kier molecular flexibility index (Phi) is 10.3. The first-order valence-corrected chi connectivity index (χ1v) is 14.9. The highest BCUT2D eigenvalue weighted by molar-refractivity contribution is 5.72. The molecule has 1 nitrogen and oxygen atoms in total. The molecular formula is C38H27F9O. The summed E-state index contributed by atoms with van der Waals surface area (Å²) in [7, 11) is 0. The number of rotatable bonds is 11. The molecule has 0 N–H and O–H groups in total. The van der Waals surface area contributed by atoms with Crippen LogP contribution in [0.5, 0.6) is 5.75 Å². The zero-order valence-corrected chi connectivity index (χ0v) is 25.4. The van der Waals surface area contributed by atoms with Gasteiger partial charge in [0.05, 0.1) is 0 Å². The van der Waals surface area contributed by atoms with E-state index in [4.69, 9.17) is 0 Å². The second-order valence-electron chi connectivity index (χ2n) is 11.1. The van der Waals surface area contributed by atoms with Crippen LogP contribution in [0.1, 0.15) is 37.3 Å². The lowest BCUT2D eigenvalue weighted by Gasteiger charge is -2.15. The van der Waals surface area contributed by atoms with Gasteiger partial charge in [-0.3, -0.25) is 0 Å². The van der Waals surface area contributed by atoms with E-state index in [9.17, 15) is 35.1 Å². The standard InChI is InChI=1S/C38H27F9O/c1-2-3-4-5-22-6-8-23(9-7-22)24-10-12-28(31(39)16-24)25-17-32(40)30(33(41)18-25)14-15-38(46,47)48-27-11-13-29(34(42)21-27)26-19-35(43)37(45)36(44)20-26/h6-21H,2-5H2,1H3. The third-order valence-electron chi connectivity index (χ3n) is 7.65. The topological polar surface area (TPSA) is 9.23 Å². The molecule has 10 heteroatoms. The maximum atomic E-state index is 15.1. The lowest BCUT2D eigenvalue weighted by Crippen LogP contribution is -2.21. The molecule has 0 fully saturated rings. The van der Waals surface area contributed by atoms with E-state index < -0.39 is 69.3 Å². The molecule has 0 aliphatic carbocycles. The monoisotopic (exact) mass is 670 g/mol. The number of halogens is 9. The minimum absolute atomic E-state index is 0.0369. The zero-order chi connectivity index (χ0) is 34.6. The Hall–Kier alpha value is -4.99. The van der Waals surface area contributed by atoms with Crippen molar-refractivity contribution in [3.8, 4) is 39.1 Å². The average molecular weight is 671 g/mol. The van der Waals surface area contributed by atoms with Crippen LogP contribution in [0.25, 0.3) is 39.5 Å². The molecule has 0 saturated carbocycles. The van der Waals surface area contributed by atoms with Gasteiger partial charge in [-0.2, -0.15) is 8.78 Å². The van der Waals surface area contributed by atoms with Crippen LogP contribution in [0.2, 0.25) is 0 Å². The maximum Gasteiger partial charge on any atom is 0.419 e. The van der Waals surface area contributed by atoms with E-state index >= 15 is 4.39 Å². The summed E-state index contributed by atoms with van der Waals surface area (Å²) in [5.74, 6) is -10.1. The molecule has 0 aliphatic rings. The predicted octanol–water partition coefficient (Wildman–Crippen LogP) is 12.1. The Bertz CT molecular complexity index is 1920. The van der Waals surface area contributed by atoms with Gasteiger partial charge in [0.1, 0.15) is 29.0 Å². The van der Waals surface area contributed by atoms with Crippen molar-refractivity contribution in [1.82, 2.24) is 0 Å². The SMILES string of the molecule is CCCCCc1ccc(-c2ccc(-c3cc(F)c(C=CC(F)(F)Oc4ccc(-c5cc(F)c(F)c(F)c5)c(F)c4)c(F)c3)c(F)c2)cc1. The summed E-state index contributed by atoms with van der Waals surface area (Å²) in [5, 5.41) is 0. The van der Waals surface area contributed by atoms with E-state index in [1.807, 2.05) is 24.3 Å². The first-order valence-electron chi connectivity index (χ1n) is 14.9. The Labute approximate surface area is 270 Å². The summed E-state index contributed by atoms with van der Waals surface area (Å²) in [4.78, 5) is 0. The second-order valence-corrected chi connectivity index (χ2v) is 11.1. The van der Waals surface area contributed by atoms with E-state index in [1.54, 1.807) is 6.07 Å². The first-order chi connectivity index (χ1) is 22.8. The molecule has 0 bridgehead atoms. The minimum atomic E-state index is -4.20. The van der Waals surface area contributed by atoms with Crippen molar-refractivity contribution in [1.29, 1.82) is 0 Å². The Balaban J connectivity index is 1.30. The molecule has 5 aromatic carbocycles. The van der Waals surface area contributed by atoms with Gasteiger partial charge in [-0.15, -0.1) is 0 Å². The summed E-state index contributed by atoms with van der Waals surface area (Å²) < 4.78 is 134. The van der Waals surface area contributed by atoms with Gasteiger partial charge in [-0.25, -0.2) is 30.7 Å². The van der Waals surface area contributed by atoms with Crippen LogP contribution in [0, 0.1) is 40.7 Å². The first kappa shape index (κ1) is 34.3. The highest BCUT2D eigenvalue weighted by Crippen LogP contribution is 2.33. The third-order valence-corrected chi connectivity index (χ3v) is 7.65. The molecule has 0 aliphatic heterocycles. The van der Waals surface area contributed by atoms with Crippen molar-refractivity contribution in [2.24, 2.45) is 0 Å². The molecule has 0 unspecified atom stereocenters. The molecule has 0 radical (unpaired) electrons. The number of alkyl halides is 2. The predicted molar refractivity (Wildman–Crippen MR) is 167 cm³/mol. The summed E-state index contributed by atoms with van der Waals surface area (Å²) >= 11 is 0. The van der Waals surface area contributed by atoms with Gasteiger partial charge < -0.3 is 4.74 Å². The summed E-state index contributed by atoms with van der Waals surface area (Å²) in [6.07, 6.45) is 0.518. The van der Waals surface area contributed by atoms with Gasteiger partial charge in [0, 0.05) is 28.8 Å². The fourth-order valence-electron chi connectivity index (χ4n) is 5.15. The van der Waals surface area contributed by atoms with Crippen molar-refractivity contribution >= 4 is 6.08 Å². The normalized spacial score (nSPS) is 11.8. The number of aryl methyl sites for hydroxylation is 1. The van der Waals surface area contributed by atoms with E-state index in [0.717, 1.165) is 61.1 Å². The third kappa shape index (κ3) is 7.93. The summed E-state index contributed by atoms with van der Waals surface area (Å²) in [6, 6.07) is 16.8. The molecule has 5 rings (SSSR count). The molecule has 5 aromatic rings. The van der Waals surface area contributed by atoms with E-state index in [0.29, 0.717) is 29.8 Å². The van der Waals surface area contributed by atoms with Crippen molar-refractivity contribution in [2.75, 3.05) is 0 Å². The highest BCUT2D eigenvalue weighted by atomic mass is 19.3. The van der Waals surface area contributed by atoms with Gasteiger partial charge in [-0.1, -0.05) is 56.2 Å². The van der Waals surface area contributed by atoms with Crippen LogP contribution in [-0.4, -0.2) is 6.11 Å². The van der Waals surface area contributed by atoms with E-state index in [-0.39, 0.29) is 17.2 Å². The number of ether oxygens (including phenoxy) is 1. The van der Waals surface area contributed by atoms with Gasteiger partial charge in [0.2, 0.25) is 0 Å². The van der Waals surface area contributed by atoms with E-state index in [1.165, 1.54) is 12.1 Å². The van der Waals surface area contributed by atoms with E-state index in [2.05, 4.69) is 11.7 Å². The highest BCUT2D eigenvalue weighted by Gasteiger charge is 2.29. The molecule has 0 aromatic heterocycles. The molecule has 0 spiro atoms. The molecule has 48 heavy (non-hydrogen) atoms. The zero-order valence-electron chi connectivity index (χ0n) is 25.4. The van der Waals surface area contributed by atoms with Crippen LogP contribution in [0.15, 0.2) is 91.0 Å². The molecular weight excluding hydrogens is 643 g/mol. The van der Waals surface area contributed by atoms with Gasteiger partial charge in [0.15, 0.2) is 17.5 Å². The largest absolute Gasteiger partial charge is 0.429 e. The summed E-state index contributed by atoms with van der Waals surface area (Å²) in [5.41, 5.74) is 0.545. The van der Waals surface area contributed by atoms with Gasteiger partial charge in [-0.05, 0) is 89.2 Å². The number of hydrogen-bond donors (Lipinski definition) is 0. The van der Waals surface area contributed by atoms with Crippen LogP contribution in [0.3, 0.4) is 0 Å². The fourth-order valence-corrected chi connectivity index (χ4v) is 5.15. The van der Waals surface area contributed by atoms with Crippen LogP contribution < -0.4 is 4.74 Å². The summed E-state index contributed by atoms with van der Waals surface area (Å²) in [6.45, 7) is 2.13. The lowest BCUT2D eigenvalue weighted by atomic mass is 9.97. The maximum absolute atomic E-state index is 15.1. The lowest BCUT2D eigenvalue weighted by molar-refractivity contribution is -0.131. The van der Waals surface area contributed by atoms with Crippen molar-refractivity contribution in [2.45, 2.75) is 38.7 Å². The Morgan fingerprint density at radius 2 is 1.08 bits per heavy atom. The second kappa shape index (κ2) is 14.4. The smallest absolute Gasteiger partial charge is 0.419 e. The molecule has 0 saturated heterocycles. The number of hydrogen-bond acceptors (Lipinski definition) is 1. The molecule has 0 atom stereocenters. The Morgan fingerprint density at radius 3 is 1.65 bits per heavy atom. The fraction of sp³-hybridized carbons (Fsp3) is 0.158. The quantitative estimate of drug-likeness (QED) is 0.0772. The van der Waals surface area contributed by atoms with Crippen molar-refractivity contribution in [3.63, 3.8) is 0 Å². The Morgan fingerprint density at radius 1 is 0.562 bits per heavy atom. The van der Waals surface area contributed by atoms with Gasteiger partial charge in [0.25, 0.3) is 0 Å². The van der Waals surface area contributed by atoms with Crippen LogP contribution >= 0.6 is 0 Å². The molecule has 0 heterocycles. The molecule has 248 valence electrons. The average Bonchev–Trinajstić information content (AvgIpc) is 3.03. The number of benzene rings is 5. The number of unbranched alkanes of at least 4 members (excludes halogenated alkanes) is 2. The van der Waals surface area contributed by atoms with Crippen LogP contribution in [-0.2, 0) is 6.42 Å². The molecule has 0 amide bonds. The van der Waals surface area contributed by atoms with Crippen molar-refractivity contribution < 1.29 is 44.3 Å². The minimum Gasteiger partial charge on any atom is -0.429 e. The van der Waals surface area contributed by atoms with Gasteiger partial charge >= 0.3 is 6.11 Å². The van der Waals surface area contributed by atoms with Crippen molar-refractivity contribution in [3.05, 3.63) is 143 Å².